The Bertz CT molecular complexity index is 630. The van der Waals surface area contributed by atoms with Crippen LogP contribution in [0.5, 0.6) is 0 Å². The summed E-state index contributed by atoms with van der Waals surface area (Å²) in [6.45, 7) is 5.85. The van der Waals surface area contributed by atoms with Crippen molar-refractivity contribution in [1.29, 1.82) is 0 Å². The minimum atomic E-state index is -0.919. The van der Waals surface area contributed by atoms with Crippen LogP contribution < -0.4 is 0 Å². The molecule has 25 heavy (non-hydrogen) atoms. The first-order valence-electron chi connectivity index (χ1n) is 9.17. The van der Waals surface area contributed by atoms with Crippen LogP contribution in [0.1, 0.15) is 44.9 Å². The molecule has 0 heterocycles. The molecule has 0 saturated heterocycles. The summed E-state index contributed by atoms with van der Waals surface area (Å²) < 4.78 is 0. The van der Waals surface area contributed by atoms with Gasteiger partial charge in [-0.1, -0.05) is 12.7 Å². The summed E-state index contributed by atoms with van der Waals surface area (Å²) in [5, 5.41) is 29.5. The Morgan fingerprint density at radius 1 is 1.32 bits per heavy atom. The van der Waals surface area contributed by atoms with Crippen LogP contribution in [0.15, 0.2) is 35.8 Å². The number of aliphatic hydroxyl groups excluding tert-OH is 1. The lowest BCUT2D eigenvalue weighted by Crippen LogP contribution is -2.60. The molecule has 0 spiro atoms. The van der Waals surface area contributed by atoms with Crippen molar-refractivity contribution in [2.45, 2.75) is 50.5 Å². The second kappa shape index (κ2) is 6.61. The van der Waals surface area contributed by atoms with E-state index in [0.717, 1.165) is 23.6 Å². The third-order valence-corrected chi connectivity index (χ3v) is 6.22. The van der Waals surface area contributed by atoms with E-state index in [-0.39, 0.29) is 5.78 Å². The highest BCUT2D eigenvalue weighted by Crippen LogP contribution is 2.56. The summed E-state index contributed by atoms with van der Waals surface area (Å²) in [7, 11) is 2.05. The molecule has 3 aliphatic rings. The van der Waals surface area contributed by atoms with E-state index in [2.05, 4.69) is 18.5 Å². The molecule has 5 heteroatoms. The third kappa shape index (κ3) is 3.53. The molecule has 0 aromatic heterocycles. The predicted octanol–water partition coefficient (Wildman–Crippen LogP) is 3.03. The van der Waals surface area contributed by atoms with Gasteiger partial charge in [0.2, 0.25) is 0 Å². The van der Waals surface area contributed by atoms with Gasteiger partial charge in [-0.15, -0.1) is 0 Å². The molecule has 0 aliphatic heterocycles. The Labute approximate surface area is 149 Å². The van der Waals surface area contributed by atoms with E-state index in [0.29, 0.717) is 38.6 Å². The molecule has 2 atom stereocenters. The molecule has 3 rings (SSSR count). The van der Waals surface area contributed by atoms with E-state index >= 15 is 0 Å². The Morgan fingerprint density at radius 3 is 2.64 bits per heavy atom. The van der Waals surface area contributed by atoms with Crippen molar-refractivity contribution in [3.63, 3.8) is 0 Å². The molecule has 0 aromatic rings. The standard InChI is InChI=1S/C20H29NO4/c1-14-16(5-6-18(23)24)7-9-20(25)10-8-17(22)11-19(14,20)13-21(2)12-15-3-4-15/h5-6,15,23-25H,1,3-4,7-13H2,2H3/b16-5-/t19-,20?/m0/s1. The molecular formula is C20H29NO4. The number of nitrogens with zero attached hydrogens (tertiary/aromatic N) is 1. The molecular weight excluding hydrogens is 318 g/mol. The zero-order valence-electron chi connectivity index (χ0n) is 15.0. The van der Waals surface area contributed by atoms with Gasteiger partial charge in [-0.05, 0) is 56.2 Å². The summed E-state index contributed by atoms with van der Waals surface area (Å²) in [5.41, 5.74) is 0.0573. The number of carbonyl (C=O) groups excluding carboxylic acids is 1. The molecule has 3 saturated carbocycles. The fraction of sp³-hybridized carbons (Fsp3) is 0.650. The fourth-order valence-electron chi connectivity index (χ4n) is 4.65. The van der Waals surface area contributed by atoms with E-state index < -0.39 is 17.0 Å². The lowest BCUT2D eigenvalue weighted by atomic mass is 9.53. The van der Waals surface area contributed by atoms with E-state index in [1.165, 1.54) is 18.9 Å². The second-order valence-electron chi connectivity index (χ2n) is 8.16. The van der Waals surface area contributed by atoms with Gasteiger partial charge < -0.3 is 20.2 Å². The van der Waals surface area contributed by atoms with Gasteiger partial charge in [-0.2, -0.15) is 0 Å². The van der Waals surface area contributed by atoms with E-state index in [1.807, 2.05) is 0 Å². The zero-order valence-corrected chi connectivity index (χ0v) is 15.0. The topological polar surface area (TPSA) is 81.0 Å². The van der Waals surface area contributed by atoms with Gasteiger partial charge in [-0.3, -0.25) is 4.79 Å². The number of rotatable bonds is 5. The number of aliphatic hydroxyl groups is 3. The quantitative estimate of drug-likeness (QED) is 0.666. The highest BCUT2D eigenvalue weighted by Gasteiger charge is 2.58. The third-order valence-electron chi connectivity index (χ3n) is 6.22. The SMILES string of the molecule is C=C1/C(=C\C=C(O)O)CCC2(O)CCC(=O)C[C@]12CN(C)CC1CC1. The smallest absolute Gasteiger partial charge is 0.274 e. The molecule has 138 valence electrons. The molecule has 5 nitrogen and oxygen atoms in total. The van der Waals surface area contributed by atoms with Gasteiger partial charge in [0, 0.05) is 37.4 Å². The first-order chi connectivity index (χ1) is 11.8. The molecule has 3 aliphatic carbocycles. The van der Waals surface area contributed by atoms with Crippen LogP contribution in [0.3, 0.4) is 0 Å². The monoisotopic (exact) mass is 347 g/mol. The first kappa shape index (κ1) is 18.2. The van der Waals surface area contributed by atoms with Gasteiger partial charge in [0.05, 0.1) is 5.60 Å². The molecule has 0 amide bonds. The second-order valence-corrected chi connectivity index (χ2v) is 8.16. The lowest BCUT2D eigenvalue weighted by molar-refractivity contribution is -0.147. The van der Waals surface area contributed by atoms with Crippen molar-refractivity contribution >= 4 is 5.78 Å². The first-order valence-corrected chi connectivity index (χ1v) is 9.17. The average molecular weight is 347 g/mol. The Hall–Kier alpha value is -1.59. The van der Waals surface area contributed by atoms with Crippen LogP contribution >= 0.6 is 0 Å². The highest BCUT2D eigenvalue weighted by atomic mass is 16.5. The van der Waals surface area contributed by atoms with Crippen molar-refractivity contribution in [3.8, 4) is 0 Å². The molecule has 1 unspecified atom stereocenters. The van der Waals surface area contributed by atoms with Crippen molar-refractivity contribution in [1.82, 2.24) is 4.90 Å². The Morgan fingerprint density at radius 2 is 2.00 bits per heavy atom. The maximum Gasteiger partial charge on any atom is 0.274 e. The average Bonchev–Trinajstić information content (AvgIpc) is 3.33. The zero-order chi connectivity index (χ0) is 18.2. The predicted molar refractivity (Wildman–Crippen MR) is 96.3 cm³/mol. The van der Waals surface area contributed by atoms with Crippen molar-refractivity contribution in [2.75, 3.05) is 20.1 Å². The van der Waals surface area contributed by atoms with Crippen LogP contribution in [0.2, 0.25) is 0 Å². The van der Waals surface area contributed by atoms with Crippen LogP contribution in [-0.2, 0) is 4.79 Å². The van der Waals surface area contributed by atoms with Gasteiger partial charge in [0.15, 0.2) is 0 Å². The number of hydrogen-bond donors (Lipinski definition) is 3. The van der Waals surface area contributed by atoms with Gasteiger partial charge in [0.25, 0.3) is 5.95 Å². The molecule has 3 fully saturated rings. The van der Waals surface area contributed by atoms with Gasteiger partial charge in [-0.25, -0.2) is 0 Å². The van der Waals surface area contributed by atoms with Crippen molar-refractivity contribution in [2.24, 2.45) is 11.3 Å². The minimum absolute atomic E-state index is 0.174. The lowest BCUT2D eigenvalue weighted by Gasteiger charge is -2.56. The summed E-state index contributed by atoms with van der Waals surface area (Å²) >= 11 is 0. The van der Waals surface area contributed by atoms with Gasteiger partial charge >= 0.3 is 0 Å². The summed E-state index contributed by atoms with van der Waals surface area (Å²) in [4.78, 5) is 14.5. The van der Waals surface area contributed by atoms with E-state index in [9.17, 15) is 9.90 Å². The Balaban J connectivity index is 1.93. The van der Waals surface area contributed by atoms with Crippen LogP contribution in [0, 0.1) is 11.3 Å². The van der Waals surface area contributed by atoms with Crippen LogP contribution in [0.4, 0.5) is 0 Å². The van der Waals surface area contributed by atoms with Crippen molar-refractivity contribution < 1.29 is 20.1 Å². The number of hydrogen-bond acceptors (Lipinski definition) is 5. The van der Waals surface area contributed by atoms with Crippen LogP contribution in [0.25, 0.3) is 0 Å². The summed E-state index contributed by atoms with van der Waals surface area (Å²) in [6, 6.07) is 0. The highest BCUT2D eigenvalue weighted by molar-refractivity contribution is 5.82. The number of allylic oxidation sites excluding steroid dienone is 3. The number of Topliss-reactive ketones (excluding diaryl/α,β-unsaturated/α-hetero) is 1. The molecule has 0 bridgehead atoms. The summed E-state index contributed by atoms with van der Waals surface area (Å²) in [5.74, 6) is 0.156. The van der Waals surface area contributed by atoms with Gasteiger partial charge in [0.1, 0.15) is 5.78 Å². The normalized spacial score (nSPS) is 34.3. The fourth-order valence-corrected chi connectivity index (χ4v) is 4.65. The maximum absolute atomic E-state index is 12.3. The summed E-state index contributed by atoms with van der Waals surface area (Å²) in [6.07, 6.45) is 7.81. The largest absolute Gasteiger partial charge is 0.481 e. The number of ketones is 1. The molecule has 0 aromatic carbocycles. The number of carbonyl (C=O) groups is 1. The minimum Gasteiger partial charge on any atom is -0.481 e. The Kier molecular flexibility index (Phi) is 4.82. The van der Waals surface area contributed by atoms with Crippen molar-refractivity contribution in [3.05, 3.63) is 35.8 Å². The van der Waals surface area contributed by atoms with Crippen LogP contribution in [-0.4, -0.2) is 51.7 Å². The van der Waals surface area contributed by atoms with E-state index in [1.54, 1.807) is 6.08 Å². The molecule has 3 N–H and O–H groups in total. The van der Waals surface area contributed by atoms with E-state index in [4.69, 9.17) is 10.2 Å². The number of fused-ring (bicyclic) bond motifs is 1. The maximum atomic E-state index is 12.3. The molecule has 0 radical (unpaired) electrons.